The van der Waals surface area contributed by atoms with Crippen LogP contribution in [-0.4, -0.2) is 48.0 Å². The Morgan fingerprint density at radius 1 is 1.11 bits per heavy atom. The van der Waals surface area contributed by atoms with E-state index in [2.05, 4.69) is 5.32 Å². The minimum Gasteiger partial charge on any atom is -0.481 e. The van der Waals surface area contributed by atoms with Crippen LogP contribution in [0.4, 0.5) is 0 Å². The number of halogens is 2. The Kier molecular flexibility index (Phi) is 8.77. The summed E-state index contributed by atoms with van der Waals surface area (Å²) >= 11 is 12.4. The molecule has 0 bridgehead atoms. The number of hydrogen-bond acceptors (Lipinski definition) is 4. The third-order valence-electron chi connectivity index (χ3n) is 8.11. The van der Waals surface area contributed by atoms with Crippen LogP contribution in [0.1, 0.15) is 62.6 Å². The van der Waals surface area contributed by atoms with Crippen LogP contribution in [0.15, 0.2) is 48.5 Å². The van der Waals surface area contributed by atoms with Crippen LogP contribution in [0.5, 0.6) is 0 Å². The SMILES string of the molecule is CC(C(=O)O)[C@@H]1C[C@H](c2cccc(Cl)c2)[C@H](C(C)C[C@@H](c2ccc(Cl)cc2)N(C)S(=O)(=O)C2CC2)NC1=O. The number of nitrogens with zero attached hydrogens (tertiary/aromatic N) is 1. The maximum Gasteiger partial charge on any atom is 0.307 e. The Morgan fingerprint density at radius 3 is 2.34 bits per heavy atom. The van der Waals surface area contributed by atoms with Crippen LogP contribution < -0.4 is 5.32 Å². The molecule has 1 aliphatic heterocycles. The number of rotatable bonds is 10. The van der Waals surface area contributed by atoms with Gasteiger partial charge in [0.1, 0.15) is 0 Å². The van der Waals surface area contributed by atoms with Crippen molar-refractivity contribution in [1.29, 1.82) is 0 Å². The van der Waals surface area contributed by atoms with E-state index in [0.29, 0.717) is 35.7 Å². The highest BCUT2D eigenvalue weighted by Gasteiger charge is 2.45. The second-order valence-corrected chi connectivity index (χ2v) is 13.9. The maximum atomic E-state index is 13.2. The number of hydrogen-bond donors (Lipinski definition) is 2. The van der Waals surface area contributed by atoms with E-state index < -0.39 is 33.9 Å². The minimum atomic E-state index is -3.48. The molecule has 6 atom stereocenters. The summed E-state index contributed by atoms with van der Waals surface area (Å²) in [6.45, 7) is 3.56. The van der Waals surface area contributed by atoms with Crippen LogP contribution >= 0.6 is 23.2 Å². The topological polar surface area (TPSA) is 104 Å². The van der Waals surface area contributed by atoms with Gasteiger partial charge in [0.05, 0.1) is 17.1 Å². The van der Waals surface area contributed by atoms with E-state index in [4.69, 9.17) is 23.2 Å². The summed E-state index contributed by atoms with van der Waals surface area (Å²) in [6, 6.07) is 13.8. The zero-order chi connectivity index (χ0) is 27.8. The smallest absolute Gasteiger partial charge is 0.307 e. The van der Waals surface area contributed by atoms with Crippen LogP contribution in [-0.2, 0) is 19.6 Å². The Balaban J connectivity index is 1.67. The van der Waals surface area contributed by atoms with Crippen LogP contribution in [0.25, 0.3) is 0 Å². The van der Waals surface area contributed by atoms with Gasteiger partial charge in [-0.25, -0.2) is 8.42 Å². The molecule has 2 fully saturated rings. The molecule has 0 spiro atoms. The molecule has 1 heterocycles. The Hall–Kier alpha value is -2.13. The van der Waals surface area contributed by atoms with E-state index in [9.17, 15) is 23.1 Å². The van der Waals surface area contributed by atoms with Crippen molar-refractivity contribution in [3.05, 3.63) is 69.7 Å². The molecular formula is C28H34Cl2N2O5S. The number of carboxylic acid groups (broad SMARTS) is 1. The summed E-state index contributed by atoms with van der Waals surface area (Å²) < 4.78 is 28.0. The highest BCUT2D eigenvalue weighted by molar-refractivity contribution is 7.90. The lowest BCUT2D eigenvalue weighted by Gasteiger charge is -2.42. The fourth-order valence-electron chi connectivity index (χ4n) is 5.58. The van der Waals surface area contributed by atoms with Gasteiger partial charge in [-0.1, -0.05) is 61.3 Å². The fourth-order valence-corrected chi connectivity index (χ4v) is 7.67. The van der Waals surface area contributed by atoms with Gasteiger partial charge in [-0.3, -0.25) is 9.59 Å². The molecule has 1 amide bonds. The number of carbonyl (C=O) groups is 2. The summed E-state index contributed by atoms with van der Waals surface area (Å²) in [5.74, 6) is -3.19. The van der Waals surface area contributed by atoms with Crippen molar-refractivity contribution in [2.75, 3.05) is 7.05 Å². The zero-order valence-corrected chi connectivity index (χ0v) is 24.0. The summed E-state index contributed by atoms with van der Waals surface area (Å²) in [5, 5.41) is 13.5. The van der Waals surface area contributed by atoms with Gasteiger partial charge in [0.15, 0.2) is 0 Å². The Labute approximate surface area is 234 Å². The van der Waals surface area contributed by atoms with Gasteiger partial charge >= 0.3 is 5.97 Å². The number of amides is 1. The molecule has 2 aromatic rings. The minimum absolute atomic E-state index is 0.151. The molecule has 1 saturated heterocycles. The first kappa shape index (κ1) is 28.9. The van der Waals surface area contributed by atoms with Crippen LogP contribution in [0.3, 0.4) is 0 Å². The molecule has 4 rings (SSSR count). The van der Waals surface area contributed by atoms with Crippen molar-refractivity contribution < 1.29 is 23.1 Å². The van der Waals surface area contributed by atoms with Gasteiger partial charge in [0.25, 0.3) is 0 Å². The van der Waals surface area contributed by atoms with E-state index >= 15 is 0 Å². The molecule has 10 heteroatoms. The predicted octanol–water partition coefficient (Wildman–Crippen LogP) is 5.49. The number of sulfonamides is 1. The van der Waals surface area contributed by atoms with Gasteiger partial charge in [-0.05, 0) is 67.0 Å². The van der Waals surface area contributed by atoms with Gasteiger partial charge in [-0.15, -0.1) is 0 Å². The molecule has 2 aliphatic rings. The second-order valence-electron chi connectivity index (χ2n) is 10.7. The number of benzene rings is 2. The molecule has 7 nitrogen and oxygen atoms in total. The van der Waals surface area contributed by atoms with Gasteiger partial charge < -0.3 is 10.4 Å². The van der Waals surface area contributed by atoms with Crippen molar-refractivity contribution in [2.45, 2.75) is 62.8 Å². The summed E-state index contributed by atoms with van der Waals surface area (Å²) in [4.78, 5) is 24.9. The normalized spacial score (nSPS) is 24.5. The van der Waals surface area contributed by atoms with E-state index in [1.54, 1.807) is 32.2 Å². The highest BCUT2D eigenvalue weighted by Crippen LogP contribution is 2.42. The maximum absolute atomic E-state index is 13.2. The first-order chi connectivity index (χ1) is 17.9. The molecule has 38 heavy (non-hydrogen) atoms. The number of carboxylic acids is 1. The summed E-state index contributed by atoms with van der Waals surface area (Å²) in [5.41, 5.74) is 1.74. The lowest BCUT2D eigenvalue weighted by atomic mass is 9.71. The fraction of sp³-hybridized carbons (Fsp3) is 0.500. The lowest BCUT2D eigenvalue weighted by molar-refractivity contribution is -0.148. The van der Waals surface area contributed by atoms with E-state index in [1.807, 2.05) is 37.3 Å². The van der Waals surface area contributed by atoms with Gasteiger partial charge in [0.2, 0.25) is 15.9 Å². The molecule has 2 unspecified atom stereocenters. The van der Waals surface area contributed by atoms with E-state index in [0.717, 1.165) is 11.1 Å². The Bertz CT molecular complexity index is 1280. The molecular weight excluding hydrogens is 547 g/mol. The molecule has 206 valence electrons. The molecule has 2 aromatic carbocycles. The lowest BCUT2D eigenvalue weighted by Crippen LogP contribution is -2.54. The van der Waals surface area contributed by atoms with Crippen LogP contribution in [0, 0.1) is 17.8 Å². The molecule has 2 N–H and O–H groups in total. The number of aliphatic carboxylic acids is 1. The van der Waals surface area contributed by atoms with Gasteiger partial charge in [0, 0.05) is 35.1 Å². The molecule has 1 saturated carbocycles. The average Bonchev–Trinajstić information content (AvgIpc) is 3.73. The van der Waals surface area contributed by atoms with Crippen molar-refractivity contribution in [3.8, 4) is 0 Å². The largest absolute Gasteiger partial charge is 0.481 e. The van der Waals surface area contributed by atoms with Crippen molar-refractivity contribution in [1.82, 2.24) is 9.62 Å². The predicted molar refractivity (Wildman–Crippen MR) is 149 cm³/mol. The van der Waals surface area contributed by atoms with Crippen molar-refractivity contribution in [2.24, 2.45) is 17.8 Å². The first-order valence-electron chi connectivity index (χ1n) is 12.9. The van der Waals surface area contributed by atoms with E-state index in [-0.39, 0.29) is 29.0 Å². The van der Waals surface area contributed by atoms with Gasteiger partial charge in [-0.2, -0.15) is 4.31 Å². The third-order valence-corrected chi connectivity index (χ3v) is 11.0. The monoisotopic (exact) mass is 580 g/mol. The average molecular weight is 582 g/mol. The van der Waals surface area contributed by atoms with E-state index in [1.165, 1.54) is 4.31 Å². The standard InChI is InChI=1S/C28H34Cl2N2O5S/c1-16(13-25(18-7-9-20(29)10-8-18)32(3)38(36,37)22-11-12-22)26-24(19-5-4-6-21(30)14-19)15-23(27(33)31-26)17(2)28(34)35/h4-10,14,16-17,22-26H,11-13,15H2,1-3H3,(H,31,33)(H,34,35)/t16?,17?,23-,24+,25-,26-/m0/s1. The summed E-state index contributed by atoms with van der Waals surface area (Å²) in [6.07, 6.45) is 2.13. The number of nitrogens with one attached hydrogen (secondary N) is 1. The molecule has 0 aromatic heterocycles. The molecule has 1 aliphatic carbocycles. The first-order valence-corrected chi connectivity index (χ1v) is 15.2. The number of piperidine rings is 1. The quantitative estimate of drug-likeness (QED) is 0.386. The Morgan fingerprint density at radius 2 is 1.76 bits per heavy atom. The second kappa shape index (κ2) is 11.5. The van der Waals surface area contributed by atoms with Crippen molar-refractivity contribution in [3.63, 3.8) is 0 Å². The highest BCUT2D eigenvalue weighted by atomic mass is 35.5. The zero-order valence-electron chi connectivity index (χ0n) is 21.7. The van der Waals surface area contributed by atoms with Crippen molar-refractivity contribution >= 4 is 45.1 Å². The summed E-state index contributed by atoms with van der Waals surface area (Å²) in [7, 11) is -1.86. The van der Waals surface area contributed by atoms with Crippen LogP contribution in [0.2, 0.25) is 10.0 Å². The molecule has 0 radical (unpaired) electrons. The third kappa shape index (κ3) is 6.19. The number of carbonyl (C=O) groups excluding carboxylic acids is 1.